The van der Waals surface area contributed by atoms with E-state index < -0.39 is 5.97 Å². The third kappa shape index (κ3) is 3.83. The third-order valence-electron chi connectivity index (χ3n) is 2.97. The van der Waals surface area contributed by atoms with Crippen LogP contribution in [0, 0.1) is 6.92 Å². The summed E-state index contributed by atoms with van der Waals surface area (Å²) in [6.07, 6.45) is 0. The molecule has 2 heterocycles. The van der Waals surface area contributed by atoms with Gasteiger partial charge in [0.1, 0.15) is 5.71 Å². The molecule has 4 nitrogen and oxygen atoms in total. The Morgan fingerprint density at radius 2 is 1.82 bits per heavy atom. The second-order valence-electron chi connectivity index (χ2n) is 4.94. The normalized spacial score (nSPS) is 13.1. The van der Waals surface area contributed by atoms with E-state index in [2.05, 4.69) is 54.6 Å². The minimum absolute atomic E-state index is 0.311. The monoisotopic (exact) mass is 314 g/mol. The van der Waals surface area contributed by atoms with Crippen LogP contribution >= 0.6 is 11.3 Å². The Hall–Kier alpha value is -2.40. The van der Waals surface area contributed by atoms with Crippen LogP contribution in [0.2, 0.25) is 0 Å². The minimum atomic E-state index is -0.473. The fourth-order valence-electron chi connectivity index (χ4n) is 1.78. The number of rotatable bonds is 2. The largest absolute Gasteiger partial charge is 0.370 e. The molecule has 1 aromatic heterocycles. The number of benzene rings is 1. The van der Waals surface area contributed by atoms with E-state index in [1.54, 1.807) is 0 Å². The summed E-state index contributed by atoms with van der Waals surface area (Å²) < 4.78 is 0. The fraction of sp³-hybridized carbons (Fsp3) is 0.176. The molecule has 0 fully saturated rings. The number of nitrogens with zero attached hydrogens (tertiary/aromatic N) is 2. The van der Waals surface area contributed by atoms with Crippen LogP contribution in [-0.4, -0.2) is 25.8 Å². The number of aryl methyl sites for hydroxylation is 1. The van der Waals surface area contributed by atoms with E-state index in [4.69, 9.17) is 0 Å². The fourth-order valence-corrected chi connectivity index (χ4v) is 2.56. The molecule has 0 aliphatic carbocycles. The summed E-state index contributed by atoms with van der Waals surface area (Å²) in [6.45, 7) is 5.71. The molecule has 0 saturated heterocycles. The van der Waals surface area contributed by atoms with Gasteiger partial charge < -0.3 is 9.74 Å². The van der Waals surface area contributed by atoms with Crippen molar-refractivity contribution in [2.24, 2.45) is 5.16 Å². The van der Waals surface area contributed by atoms with Gasteiger partial charge in [0.2, 0.25) is 0 Å². The number of hydrogen-bond acceptors (Lipinski definition) is 5. The molecule has 3 rings (SSSR count). The third-order valence-corrected chi connectivity index (χ3v) is 4.13. The van der Waals surface area contributed by atoms with E-state index in [-0.39, 0.29) is 0 Å². The molecule has 0 bridgehead atoms. The van der Waals surface area contributed by atoms with Gasteiger partial charge in [0.25, 0.3) is 0 Å². The van der Waals surface area contributed by atoms with Gasteiger partial charge in [0.05, 0.1) is 10.6 Å². The number of carbonyl (C=O) groups excluding carboxylic acids is 1. The summed E-state index contributed by atoms with van der Waals surface area (Å²) in [5, 5.41) is 4.96. The van der Waals surface area contributed by atoms with Gasteiger partial charge in [0, 0.05) is 24.5 Å². The molecule has 1 aliphatic rings. The van der Waals surface area contributed by atoms with Crippen molar-refractivity contribution in [2.75, 3.05) is 19.0 Å². The van der Waals surface area contributed by atoms with Gasteiger partial charge >= 0.3 is 5.97 Å². The maximum absolute atomic E-state index is 10.9. The first-order valence-electron chi connectivity index (χ1n) is 6.77. The Labute approximate surface area is 134 Å². The molecular weight excluding hydrogens is 296 g/mol. The lowest BCUT2D eigenvalue weighted by atomic mass is 10.1. The first-order chi connectivity index (χ1) is 10.5. The first kappa shape index (κ1) is 16.0. The van der Waals surface area contributed by atoms with Crippen molar-refractivity contribution >= 4 is 28.0 Å². The molecule has 0 radical (unpaired) electrons. The Morgan fingerprint density at radius 3 is 2.23 bits per heavy atom. The van der Waals surface area contributed by atoms with Crippen molar-refractivity contribution in [3.05, 3.63) is 65.1 Å². The lowest BCUT2D eigenvalue weighted by Gasteiger charge is -2.06. The molecule has 5 heteroatoms. The summed E-state index contributed by atoms with van der Waals surface area (Å²) in [5.41, 5.74) is 1.68. The Balaban J connectivity index is 0.000000172. The SMILES string of the molecule is C=C1C(=O)ON=C1c1ccccc1.Cc1ccc(N(C)C)s1. The molecule has 0 spiro atoms. The topological polar surface area (TPSA) is 41.9 Å². The summed E-state index contributed by atoms with van der Waals surface area (Å²) in [4.78, 5) is 18.9. The van der Waals surface area contributed by atoms with E-state index in [0.29, 0.717) is 11.3 Å². The Kier molecular flexibility index (Phi) is 5.12. The highest BCUT2D eigenvalue weighted by molar-refractivity contribution is 7.16. The molecule has 0 saturated carbocycles. The Morgan fingerprint density at radius 1 is 1.14 bits per heavy atom. The second kappa shape index (κ2) is 7.04. The molecule has 0 amide bonds. The summed E-state index contributed by atoms with van der Waals surface area (Å²) in [6, 6.07) is 13.6. The second-order valence-corrected chi connectivity index (χ2v) is 6.21. The lowest BCUT2D eigenvalue weighted by molar-refractivity contribution is -0.136. The average molecular weight is 314 g/mol. The van der Waals surface area contributed by atoms with E-state index in [9.17, 15) is 4.79 Å². The van der Waals surface area contributed by atoms with Crippen molar-refractivity contribution in [2.45, 2.75) is 6.92 Å². The van der Waals surface area contributed by atoms with Crippen molar-refractivity contribution in [3.63, 3.8) is 0 Å². The summed E-state index contributed by atoms with van der Waals surface area (Å²) in [7, 11) is 4.12. The molecule has 22 heavy (non-hydrogen) atoms. The van der Waals surface area contributed by atoms with Crippen LogP contribution in [0.3, 0.4) is 0 Å². The van der Waals surface area contributed by atoms with E-state index in [1.165, 1.54) is 9.88 Å². The van der Waals surface area contributed by atoms with Gasteiger partial charge in [-0.15, -0.1) is 11.3 Å². The summed E-state index contributed by atoms with van der Waals surface area (Å²) in [5.74, 6) is -0.473. The zero-order valence-electron chi connectivity index (χ0n) is 12.9. The highest BCUT2D eigenvalue weighted by atomic mass is 32.1. The lowest BCUT2D eigenvalue weighted by Crippen LogP contribution is -2.05. The molecule has 0 unspecified atom stereocenters. The van der Waals surface area contributed by atoms with Gasteiger partial charge in [-0.3, -0.25) is 0 Å². The van der Waals surface area contributed by atoms with E-state index in [1.807, 2.05) is 41.7 Å². The predicted octanol–water partition coefficient (Wildman–Crippen LogP) is 3.63. The van der Waals surface area contributed by atoms with Gasteiger partial charge in [-0.05, 0) is 19.1 Å². The number of hydrogen-bond donors (Lipinski definition) is 0. The number of carbonyl (C=O) groups is 1. The van der Waals surface area contributed by atoms with Crippen molar-refractivity contribution in [3.8, 4) is 0 Å². The zero-order chi connectivity index (χ0) is 16.1. The molecule has 0 N–H and O–H groups in total. The van der Waals surface area contributed by atoms with Crippen LogP contribution in [0.15, 0.2) is 59.8 Å². The summed E-state index contributed by atoms with van der Waals surface area (Å²) >= 11 is 1.82. The van der Waals surface area contributed by atoms with Gasteiger partial charge in [-0.2, -0.15) is 0 Å². The Bertz CT molecular complexity index is 702. The van der Waals surface area contributed by atoms with Gasteiger partial charge in [0.15, 0.2) is 0 Å². The van der Waals surface area contributed by atoms with Crippen LogP contribution in [0.5, 0.6) is 0 Å². The van der Waals surface area contributed by atoms with Crippen molar-refractivity contribution in [1.29, 1.82) is 0 Å². The quantitative estimate of drug-likeness (QED) is 0.628. The van der Waals surface area contributed by atoms with E-state index >= 15 is 0 Å². The molecule has 2 aromatic rings. The van der Waals surface area contributed by atoms with E-state index in [0.717, 1.165) is 5.56 Å². The van der Waals surface area contributed by atoms with Crippen LogP contribution < -0.4 is 4.90 Å². The highest BCUT2D eigenvalue weighted by Crippen LogP contribution is 2.22. The molecule has 114 valence electrons. The number of anilines is 1. The standard InChI is InChI=1S/C10H7NO2.C7H11NS/c1-7-9(11-13-10(7)12)8-5-3-2-4-6-8;1-6-4-5-7(9-6)8(2)3/h2-6H,1H2;4-5H,1-3H3. The van der Waals surface area contributed by atoms with Crippen molar-refractivity contribution < 1.29 is 9.63 Å². The smallest absolute Gasteiger partial charge is 0.367 e. The maximum atomic E-state index is 10.9. The predicted molar refractivity (Wildman–Crippen MR) is 91.6 cm³/mol. The number of thiophene rings is 1. The van der Waals surface area contributed by atoms with Gasteiger partial charge in [-0.25, -0.2) is 4.79 Å². The number of oxime groups is 1. The van der Waals surface area contributed by atoms with Crippen LogP contribution in [0.25, 0.3) is 0 Å². The molecule has 1 aliphatic heterocycles. The van der Waals surface area contributed by atoms with Crippen LogP contribution in [-0.2, 0) is 9.63 Å². The first-order valence-corrected chi connectivity index (χ1v) is 7.58. The van der Waals surface area contributed by atoms with Crippen LogP contribution in [0.1, 0.15) is 10.4 Å². The highest BCUT2D eigenvalue weighted by Gasteiger charge is 2.23. The molecular formula is C17H18N2O2S. The maximum Gasteiger partial charge on any atom is 0.367 e. The molecule has 1 aromatic carbocycles. The van der Waals surface area contributed by atoms with Crippen LogP contribution in [0.4, 0.5) is 5.00 Å². The van der Waals surface area contributed by atoms with Gasteiger partial charge in [-0.1, -0.05) is 42.1 Å². The molecule has 0 atom stereocenters. The average Bonchev–Trinajstić information content (AvgIpc) is 3.08. The van der Waals surface area contributed by atoms with Crippen molar-refractivity contribution in [1.82, 2.24) is 0 Å². The zero-order valence-corrected chi connectivity index (χ0v) is 13.7. The minimum Gasteiger partial charge on any atom is -0.370 e.